The van der Waals surface area contributed by atoms with Gasteiger partial charge >= 0.3 is 23.9 Å². The summed E-state index contributed by atoms with van der Waals surface area (Å²) in [6.07, 6.45) is 7.04. The van der Waals surface area contributed by atoms with Crippen LogP contribution in [0.1, 0.15) is 270 Å². The third kappa shape index (κ3) is 41.4. The summed E-state index contributed by atoms with van der Waals surface area (Å²) in [4.78, 5) is 236. The van der Waals surface area contributed by atoms with Gasteiger partial charge in [0.2, 0.25) is 47.3 Å². The molecule has 0 aromatic carbocycles. The van der Waals surface area contributed by atoms with E-state index in [1.165, 1.54) is 96.6 Å². The van der Waals surface area contributed by atoms with E-state index in [9.17, 15) is 81.5 Å². The molecule has 0 aliphatic heterocycles. The molecule has 0 saturated carbocycles. The number of nitrogens with zero attached hydrogens (tertiary/aromatic N) is 4. The van der Waals surface area contributed by atoms with Crippen LogP contribution in [0.25, 0.3) is 0 Å². The van der Waals surface area contributed by atoms with E-state index in [0.717, 1.165) is 0 Å². The number of hydrogen-bond donors (Lipinski definition) is 6. The second kappa shape index (κ2) is 59.4. The van der Waals surface area contributed by atoms with Crippen molar-refractivity contribution in [2.24, 2.45) is 88.6 Å². The molecule has 0 rings (SSSR count). The van der Waals surface area contributed by atoms with Crippen molar-refractivity contribution in [3.63, 3.8) is 0 Å². The highest BCUT2D eigenvalue weighted by atomic mass is 16.6. The van der Waals surface area contributed by atoms with Gasteiger partial charge in [0.1, 0.15) is 36.4 Å². The fraction of sp³-hybridized carbons (Fsp3) is 0.777. The number of allylic oxidation sites excluding steroid dienone is 4. The Bertz CT molecular complexity index is 3550. The number of nitrogens with two attached hydrogens (primary N) is 1. The molecule has 0 aliphatic rings. The van der Waals surface area contributed by atoms with E-state index in [0.29, 0.717) is 38.5 Å². The molecule has 19 atom stereocenters. The van der Waals surface area contributed by atoms with Crippen molar-refractivity contribution in [2.75, 3.05) is 49.5 Å². The Balaban J connectivity index is 0. The molecule has 8 amide bonds. The second-order valence-corrected chi connectivity index (χ2v) is 37.0. The number of rotatable bonds is 58. The summed E-state index contributed by atoms with van der Waals surface area (Å²) in [6.45, 7) is 45.8. The highest BCUT2D eigenvalue weighted by molar-refractivity contribution is 6.00. The summed E-state index contributed by atoms with van der Waals surface area (Å²) >= 11 is 0. The average Bonchev–Trinajstić information content (AvgIpc) is 0.823. The van der Waals surface area contributed by atoms with Gasteiger partial charge in [0.25, 0.3) is 0 Å². The molecule has 0 saturated heterocycles. The summed E-state index contributed by atoms with van der Waals surface area (Å²) in [5, 5.41) is 13.7. The maximum Gasteiger partial charge on any atom is 0.328 e. The molecule has 31 nitrogen and oxygen atoms in total. The molecule has 7 N–H and O–H groups in total. The SMILES string of the molecule is C/C=C/C[C@@H](C)[C@@H](OC(C)=O)[C@H](CC(=O)[C@H](C(C)C)N(C)C(=O)[C@@H](CC(=O)[C@H](CC(C)C)N(C)C(=O)[C@@H](C)NC(=O)[C@H](C)CC(=O)[C@H](CC(C)C)NC)CC(C)C)C(=O)N[C@@H](CC)C(=O)OC.C/C=C/C[C@@H](C)[C@@H](OC(C)=O)[C@H](CC(=O)[C@H](C(C)C)N(C)C(=O)[C@@H](CC(=O)[C@H](CC(C)C)N(C)C(=O)[C@@H](C)NC(=O)[C@H](C)N)CC(C)C)C(=O)N[C@@H](CC)C(=O)OC. The molecule has 0 aliphatic carbocycles. The van der Waals surface area contributed by atoms with E-state index in [4.69, 9.17) is 24.7 Å². The fourth-order valence-electron chi connectivity index (χ4n) is 15.9. The van der Waals surface area contributed by atoms with Gasteiger partial charge in [-0.2, -0.15) is 0 Å². The van der Waals surface area contributed by atoms with Crippen molar-refractivity contribution in [3.05, 3.63) is 24.3 Å². The maximum atomic E-state index is 14.7. The Morgan fingerprint density at radius 2 is 0.696 bits per heavy atom. The van der Waals surface area contributed by atoms with E-state index >= 15 is 0 Å². The molecule has 0 spiro atoms. The minimum Gasteiger partial charge on any atom is -0.467 e. The van der Waals surface area contributed by atoms with Crippen LogP contribution in [-0.4, -0.2) is 242 Å². The highest BCUT2D eigenvalue weighted by Gasteiger charge is 2.46. The zero-order chi connectivity index (χ0) is 97.2. The monoisotopic (exact) mass is 1770 g/mol. The second-order valence-electron chi connectivity index (χ2n) is 37.0. The van der Waals surface area contributed by atoms with Crippen molar-refractivity contribution in [3.8, 4) is 0 Å². The van der Waals surface area contributed by atoms with Crippen LogP contribution in [0, 0.1) is 82.9 Å². The topological polar surface area (TPSA) is 426 Å². The van der Waals surface area contributed by atoms with Gasteiger partial charge in [0.15, 0.2) is 28.9 Å². The normalized spacial score (nSPS) is 16.3. The van der Waals surface area contributed by atoms with E-state index in [1.807, 2.05) is 107 Å². The van der Waals surface area contributed by atoms with Crippen LogP contribution in [-0.2, 0) is 100 Å². The molecule has 716 valence electrons. The number of ketones is 5. The number of methoxy groups -OCH3 is 2. The van der Waals surface area contributed by atoms with Crippen molar-refractivity contribution < 1.29 is 100 Å². The first kappa shape index (κ1) is 118. The third-order valence-corrected chi connectivity index (χ3v) is 22.5. The smallest absolute Gasteiger partial charge is 0.328 e. The van der Waals surface area contributed by atoms with Gasteiger partial charge < -0.3 is 70.9 Å². The average molecular weight is 1770 g/mol. The van der Waals surface area contributed by atoms with Gasteiger partial charge in [0, 0.05) is 91.9 Å². The molecule has 0 heterocycles. The number of esters is 4. The van der Waals surface area contributed by atoms with Crippen molar-refractivity contribution >= 4 is 100 Å². The van der Waals surface area contributed by atoms with Crippen molar-refractivity contribution in [1.82, 2.24) is 46.2 Å². The van der Waals surface area contributed by atoms with Crippen LogP contribution in [0.2, 0.25) is 0 Å². The third-order valence-electron chi connectivity index (χ3n) is 22.5. The zero-order valence-electron chi connectivity index (χ0n) is 82.2. The number of carbonyl (C=O) groups is 17. The van der Waals surface area contributed by atoms with Gasteiger partial charge in [-0.05, 0) is 153 Å². The predicted molar refractivity (Wildman–Crippen MR) is 483 cm³/mol. The summed E-state index contributed by atoms with van der Waals surface area (Å²) in [5.74, 6) is -15.0. The Morgan fingerprint density at radius 1 is 0.376 bits per heavy atom. The summed E-state index contributed by atoms with van der Waals surface area (Å²) in [6, 6.07) is -9.15. The number of amides is 8. The van der Waals surface area contributed by atoms with Gasteiger partial charge in [-0.1, -0.05) is 156 Å². The van der Waals surface area contributed by atoms with Crippen LogP contribution in [0.15, 0.2) is 24.3 Å². The number of nitrogens with one attached hydrogen (secondary N) is 5. The highest BCUT2D eigenvalue weighted by Crippen LogP contribution is 2.33. The molecule has 0 bridgehead atoms. The fourth-order valence-corrected chi connectivity index (χ4v) is 15.9. The summed E-state index contributed by atoms with van der Waals surface area (Å²) in [5.41, 5.74) is 5.67. The molecule has 125 heavy (non-hydrogen) atoms. The Labute approximate surface area is 748 Å². The Morgan fingerprint density at radius 3 is 0.960 bits per heavy atom. The molecule has 0 radical (unpaired) electrons. The molecule has 0 aromatic rings. The number of carbonyl (C=O) groups excluding carboxylic acids is 17. The van der Waals surface area contributed by atoms with E-state index in [1.54, 1.807) is 69.4 Å². The molecule has 0 aromatic heterocycles. The lowest BCUT2D eigenvalue weighted by Gasteiger charge is -2.36. The van der Waals surface area contributed by atoms with Crippen LogP contribution < -0.4 is 32.3 Å². The summed E-state index contributed by atoms with van der Waals surface area (Å²) < 4.78 is 21.2. The van der Waals surface area contributed by atoms with E-state index in [2.05, 4.69) is 26.6 Å². The lowest BCUT2D eigenvalue weighted by Crippen LogP contribution is -2.54. The number of ether oxygens (including phenoxy) is 4. The van der Waals surface area contributed by atoms with Crippen LogP contribution >= 0.6 is 0 Å². The largest absolute Gasteiger partial charge is 0.467 e. The standard InChI is InChI=1S/C51H89N5O11.C43H75N5O10/c1-19-21-22-33(11)46(67-36(14)57)38(48(62)54-39(20-2)51(65)66-18)28-44(60)45(32(9)10)56(17)50(64)37(23-29(3)4)27-43(59)41(25-31(7)8)55(16)49(63)35(13)53-47(61)34(12)26-42(58)40(52-15)24-30(5)6;1-16-18-19-27(9)38(58-30(12)49)32(40(53)46-33(17-2)43(56)57-15)23-36(51)37(26(7)8)48(14)42(55)31(20-24(3)4)22-35(50)34(21-25(5)6)47(13)41(54)29(11)45-39(52)28(10)44/h19,21,29-35,37-41,45-46,52H,20,22-28H2,1-18H3,(H,53,61)(H,54,62);16,18,24-29,31-34,37-38H,17,19-23,44H2,1-15H3,(H,45,52)(H,46,53)/b21-19+;18-16+/t33-,34-,35-,37-,38+,39+,40+,41+,45+,46-;27-,28+,29-,31-,32+,33+,34+,37+,38-/m11/s1. The lowest BCUT2D eigenvalue weighted by atomic mass is 9.82. The Hall–Kier alpha value is -8.61. The molecule has 0 fully saturated rings. The number of Topliss-reactive ketones (excluding diaryl/α,β-unsaturated/α-hetero) is 5. The quantitative estimate of drug-likeness (QED) is 0.0187. The number of hydrogen-bond acceptors (Lipinski definition) is 23. The first-order valence-electron chi connectivity index (χ1n) is 45.0. The van der Waals surface area contributed by atoms with Gasteiger partial charge in [-0.3, -0.25) is 71.9 Å². The maximum absolute atomic E-state index is 14.7. The van der Waals surface area contributed by atoms with Gasteiger partial charge in [0.05, 0.1) is 62.3 Å². The minimum atomic E-state index is -1.24. The molecule has 0 unspecified atom stereocenters. The van der Waals surface area contributed by atoms with E-state index < -0.39 is 215 Å². The van der Waals surface area contributed by atoms with Gasteiger partial charge in [-0.15, -0.1) is 0 Å². The molecular formula is C94H164N10O21. The van der Waals surface area contributed by atoms with Crippen molar-refractivity contribution in [1.29, 1.82) is 0 Å². The number of likely N-dealkylation sites (N-methyl/N-ethyl adjacent to an activating group) is 5. The Kier molecular flexibility index (Phi) is 56.3. The summed E-state index contributed by atoms with van der Waals surface area (Å²) in [7, 11) is 10.1. The van der Waals surface area contributed by atoms with Crippen LogP contribution in [0.3, 0.4) is 0 Å². The predicted octanol–water partition coefficient (Wildman–Crippen LogP) is 9.87. The minimum absolute atomic E-state index is 0.00451. The first-order chi connectivity index (χ1) is 57.9. The van der Waals surface area contributed by atoms with Crippen LogP contribution in [0.5, 0.6) is 0 Å². The molecular weight excluding hydrogens is 1610 g/mol. The van der Waals surface area contributed by atoms with Crippen molar-refractivity contribution in [2.45, 2.75) is 343 Å². The molecule has 31 heteroatoms. The first-order valence-corrected chi connectivity index (χ1v) is 45.0. The lowest BCUT2D eigenvalue weighted by molar-refractivity contribution is -0.159. The zero-order valence-corrected chi connectivity index (χ0v) is 82.2. The van der Waals surface area contributed by atoms with E-state index in [-0.39, 0.29) is 91.5 Å². The van der Waals surface area contributed by atoms with Crippen LogP contribution in [0.4, 0.5) is 0 Å². The van der Waals surface area contributed by atoms with Gasteiger partial charge in [-0.25, -0.2) is 9.59 Å².